The van der Waals surface area contributed by atoms with E-state index in [2.05, 4.69) is 10.3 Å². The summed E-state index contributed by atoms with van der Waals surface area (Å²) in [6.45, 7) is 1.53. The molecule has 0 atom stereocenters. The molecule has 0 saturated heterocycles. The zero-order valence-corrected chi connectivity index (χ0v) is 9.06. The summed E-state index contributed by atoms with van der Waals surface area (Å²) < 4.78 is 38.1. The van der Waals surface area contributed by atoms with Gasteiger partial charge in [-0.25, -0.2) is 4.98 Å². The second-order valence-corrected chi connectivity index (χ2v) is 4.02. The first-order valence-corrected chi connectivity index (χ1v) is 5.28. The van der Waals surface area contributed by atoms with E-state index in [4.69, 9.17) is 0 Å². The third-order valence-corrected chi connectivity index (χ3v) is 2.85. The van der Waals surface area contributed by atoms with Gasteiger partial charge >= 0.3 is 6.18 Å². The molecule has 1 aromatic rings. The quantitative estimate of drug-likeness (QED) is 0.840. The summed E-state index contributed by atoms with van der Waals surface area (Å²) in [7, 11) is 1.79. The molecule has 6 heteroatoms. The van der Waals surface area contributed by atoms with Gasteiger partial charge in [0.15, 0.2) is 0 Å². The van der Waals surface area contributed by atoms with Gasteiger partial charge in [-0.15, -0.1) is 0 Å². The van der Waals surface area contributed by atoms with Crippen molar-refractivity contribution in [2.45, 2.75) is 32.0 Å². The minimum absolute atomic E-state index is 0.0347. The predicted molar refractivity (Wildman–Crippen MR) is 53.0 cm³/mol. The van der Waals surface area contributed by atoms with Gasteiger partial charge in [0, 0.05) is 38.7 Å². The van der Waals surface area contributed by atoms with Gasteiger partial charge in [0.25, 0.3) is 0 Å². The van der Waals surface area contributed by atoms with Crippen molar-refractivity contribution < 1.29 is 13.2 Å². The van der Waals surface area contributed by atoms with Crippen LogP contribution < -0.4 is 5.32 Å². The standard InChI is InChI=1S/C10H14F3N3/c1-16-8-3-5-14-6-7(8)15-9(16)2-4-10(11,12)13/h14H,2-6H2,1H3. The van der Waals surface area contributed by atoms with Crippen molar-refractivity contribution in [2.75, 3.05) is 6.54 Å². The maximum absolute atomic E-state index is 12.1. The topological polar surface area (TPSA) is 29.9 Å². The number of aryl methyl sites for hydroxylation is 1. The molecule has 1 aromatic heterocycles. The van der Waals surface area contributed by atoms with E-state index in [1.165, 1.54) is 0 Å². The van der Waals surface area contributed by atoms with Gasteiger partial charge in [-0.3, -0.25) is 0 Å². The van der Waals surface area contributed by atoms with Gasteiger partial charge in [-0.05, 0) is 0 Å². The van der Waals surface area contributed by atoms with Crippen LogP contribution in [0.4, 0.5) is 13.2 Å². The number of imidazole rings is 1. The summed E-state index contributed by atoms with van der Waals surface area (Å²) in [6.07, 6.45) is -4.10. The Hall–Kier alpha value is -1.04. The van der Waals surface area contributed by atoms with E-state index in [-0.39, 0.29) is 6.42 Å². The minimum atomic E-state index is -4.11. The lowest BCUT2D eigenvalue weighted by molar-refractivity contribution is -0.134. The number of aromatic nitrogens is 2. The van der Waals surface area contributed by atoms with Crippen molar-refractivity contribution in [3.63, 3.8) is 0 Å². The lowest BCUT2D eigenvalue weighted by atomic mass is 10.2. The van der Waals surface area contributed by atoms with Crippen LogP contribution in [0.1, 0.15) is 23.6 Å². The smallest absolute Gasteiger partial charge is 0.335 e. The maximum atomic E-state index is 12.1. The molecule has 2 rings (SSSR count). The predicted octanol–water partition coefficient (Wildman–Crippen LogP) is 1.56. The second kappa shape index (κ2) is 4.08. The molecule has 1 aliphatic rings. The highest BCUT2D eigenvalue weighted by atomic mass is 19.4. The summed E-state index contributed by atoms with van der Waals surface area (Å²) in [5.74, 6) is 0.533. The van der Waals surface area contributed by atoms with E-state index in [0.29, 0.717) is 12.4 Å². The SMILES string of the molecule is Cn1c(CCC(F)(F)F)nc2c1CCNC2. The summed E-state index contributed by atoms with van der Waals surface area (Å²) in [4.78, 5) is 4.25. The fourth-order valence-corrected chi connectivity index (χ4v) is 1.99. The van der Waals surface area contributed by atoms with Crippen LogP contribution >= 0.6 is 0 Å². The van der Waals surface area contributed by atoms with Gasteiger partial charge < -0.3 is 9.88 Å². The third kappa shape index (κ3) is 2.37. The first-order chi connectivity index (χ1) is 7.47. The normalized spacial score (nSPS) is 16.2. The molecule has 0 fully saturated rings. The van der Waals surface area contributed by atoms with Crippen LogP contribution in [0.15, 0.2) is 0 Å². The molecule has 0 aliphatic carbocycles. The van der Waals surface area contributed by atoms with Gasteiger partial charge in [-0.1, -0.05) is 0 Å². The number of halogens is 3. The summed E-state index contributed by atoms with van der Waals surface area (Å²) in [5.41, 5.74) is 1.96. The second-order valence-electron chi connectivity index (χ2n) is 4.02. The molecule has 0 bridgehead atoms. The Morgan fingerprint density at radius 1 is 1.44 bits per heavy atom. The molecule has 0 spiro atoms. The van der Waals surface area contributed by atoms with Crippen LogP contribution in [0.3, 0.4) is 0 Å². The Morgan fingerprint density at radius 3 is 2.81 bits per heavy atom. The van der Waals surface area contributed by atoms with Crippen molar-refractivity contribution in [3.05, 3.63) is 17.2 Å². The Balaban J connectivity index is 2.13. The van der Waals surface area contributed by atoms with Crippen LogP contribution in [0.25, 0.3) is 0 Å². The van der Waals surface area contributed by atoms with Gasteiger partial charge in [0.2, 0.25) is 0 Å². The Labute approximate surface area is 91.7 Å². The van der Waals surface area contributed by atoms with E-state index < -0.39 is 12.6 Å². The molecule has 3 nitrogen and oxygen atoms in total. The highest BCUT2D eigenvalue weighted by Gasteiger charge is 2.28. The van der Waals surface area contributed by atoms with Crippen LogP contribution in [-0.2, 0) is 26.4 Å². The summed E-state index contributed by atoms with van der Waals surface area (Å²) in [5, 5.41) is 3.16. The zero-order chi connectivity index (χ0) is 11.8. The summed E-state index contributed by atoms with van der Waals surface area (Å²) >= 11 is 0. The Morgan fingerprint density at radius 2 is 2.19 bits per heavy atom. The van der Waals surface area contributed by atoms with E-state index in [1.54, 1.807) is 7.05 Å². The highest BCUT2D eigenvalue weighted by Crippen LogP contribution is 2.23. The lowest BCUT2D eigenvalue weighted by Gasteiger charge is -2.13. The molecular formula is C10H14F3N3. The number of hydrogen-bond acceptors (Lipinski definition) is 2. The van der Waals surface area contributed by atoms with Crippen molar-refractivity contribution in [1.29, 1.82) is 0 Å². The number of alkyl halides is 3. The molecule has 0 unspecified atom stereocenters. The van der Waals surface area contributed by atoms with Gasteiger partial charge in [0.05, 0.1) is 12.1 Å². The Bertz CT molecular complexity index is 381. The van der Waals surface area contributed by atoms with Crippen molar-refractivity contribution in [2.24, 2.45) is 7.05 Å². The van der Waals surface area contributed by atoms with Crippen molar-refractivity contribution in [1.82, 2.24) is 14.9 Å². The number of nitrogens with zero attached hydrogens (tertiary/aromatic N) is 2. The third-order valence-electron chi connectivity index (χ3n) is 2.85. The van der Waals surface area contributed by atoms with E-state index in [1.807, 2.05) is 4.57 Å². The van der Waals surface area contributed by atoms with Crippen LogP contribution in [0, 0.1) is 0 Å². The van der Waals surface area contributed by atoms with E-state index in [0.717, 1.165) is 24.4 Å². The first kappa shape index (κ1) is 11.4. The van der Waals surface area contributed by atoms with Crippen LogP contribution in [0.2, 0.25) is 0 Å². The molecular weight excluding hydrogens is 219 g/mol. The molecule has 2 heterocycles. The van der Waals surface area contributed by atoms with Gasteiger partial charge in [0.1, 0.15) is 5.82 Å². The van der Waals surface area contributed by atoms with Gasteiger partial charge in [-0.2, -0.15) is 13.2 Å². The number of rotatable bonds is 2. The average molecular weight is 233 g/mol. The molecule has 1 aliphatic heterocycles. The highest BCUT2D eigenvalue weighted by molar-refractivity contribution is 5.20. The largest absolute Gasteiger partial charge is 0.389 e. The van der Waals surface area contributed by atoms with Crippen molar-refractivity contribution >= 4 is 0 Å². The summed E-state index contributed by atoms with van der Waals surface area (Å²) in [6, 6.07) is 0. The maximum Gasteiger partial charge on any atom is 0.389 e. The monoisotopic (exact) mass is 233 g/mol. The molecule has 16 heavy (non-hydrogen) atoms. The fourth-order valence-electron chi connectivity index (χ4n) is 1.99. The molecule has 0 amide bonds. The van der Waals surface area contributed by atoms with Crippen LogP contribution in [0.5, 0.6) is 0 Å². The number of fused-ring (bicyclic) bond motifs is 1. The van der Waals surface area contributed by atoms with E-state index >= 15 is 0 Å². The molecule has 0 saturated carbocycles. The van der Waals surface area contributed by atoms with E-state index in [9.17, 15) is 13.2 Å². The Kier molecular flexibility index (Phi) is 2.92. The van der Waals surface area contributed by atoms with Crippen LogP contribution in [-0.4, -0.2) is 22.3 Å². The minimum Gasteiger partial charge on any atom is -0.335 e. The number of hydrogen-bond donors (Lipinski definition) is 1. The lowest BCUT2D eigenvalue weighted by Crippen LogP contribution is -2.24. The first-order valence-electron chi connectivity index (χ1n) is 5.28. The molecule has 90 valence electrons. The number of nitrogens with one attached hydrogen (secondary N) is 1. The van der Waals surface area contributed by atoms with Crippen molar-refractivity contribution in [3.8, 4) is 0 Å². The zero-order valence-electron chi connectivity index (χ0n) is 9.06. The average Bonchev–Trinajstić information content (AvgIpc) is 2.53. The molecule has 0 aromatic carbocycles. The fraction of sp³-hybridized carbons (Fsp3) is 0.700. The molecule has 0 radical (unpaired) electrons. The molecule has 1 N–H and O–H groups in total.